The standard InChI is InChI=1S/C16H18FN3O2/c17-12-5-3-11(4-6-12)16-20-13(10-22-16)7-9-19-15(21)14-2-1-8-18-14/h3-6,10,14,18H,1-2,7-9H2,(H,19,21). The summed E-state index contributed by atoms with van der Waals surface area (Å²) in [4.78, 5) is 16.2. The first-order valence-electron chi connectivity index (χ1n) is 7.44. The summed E-state index contributed by atoms with van der Waals surface area (Å²) in [7, 11) is 0. The van der Waals surface area contributed by atoms with E-state index in [1.54, 1.807) is 18.4 Å². The van der Waals surface area contributed by atoms with E-state index in [-0.39, 0.29) is 17.8 Å². The van der Waals surface area contributed by atoms with Crippen LogP contribution in [0.3, 0.4) is 0 Å². The molecule has 0 bridgehead atoms. The molecule has 0 saturated carbocycles. The topological polar surface area (TPSA) is 67.2 Å². The van der Waals surface area contributed by atoms with Crippen LogP contribution in [-0.4, -0.2) is 30.0 Å². The third kappa shape index (κ3) is 3.51. The maximum atomic E-state index is 12.9. The fraction of sp³-hybridized carbons (Fsp3) is 0.375. The fourth-order valence-electron chi connectivity index (χ4n) is 2.49. The highest BCUT2D eigenvalue weighted by Crippen LogP contribution is 2.19. The van der Waals surface area contributed by atoms with E-state index in [1.807, 2.05) is 0 Å². The highest BCUT2D eigenvalue weighted by molar-refractivity contribution is 5.81. The molecular weight excluding hydrogens is 285 g/mol. The number of hydrogen-bond donors (Lipinski definition) is 2. The van der Waals surface area contributed by atoms with Crippen LogP contribution >= 0.6 is 0 Å². The molecule has 5 nitrogen and oxygen atoms in total. The number of carbonyl (C=O) groups excluding carboxylic acids is 1. The molecule has 3 rings (SSSR count). The van der Waals surface area contributed by atoms with Crippen molar-refractivity contribution >= 4 is 5.91 Å². The van der Waals surface area contributed by atoms with Gasteiger partial charge in [0.25, 0.3) is 0 Å². The molecule has 116 valence electrons. The second-order valence-electron chi connectivity index (χ2n) is 5.34. The lowest BCUT2D eigenvalue weighted by atomic mass is 10.2. The Morgan fingerprint density at radius 2 is 2.23 bits per heavy atom. The summed E-state index contributed by atoms with van der Waals surface area (Å²) < 4.78 is 18.3. The summed E-state index contributed by atoms with van der Waals surface area (Å²) in [5, 5.41) is 6.06. The average Bonchev–Trinajstić information content (AvgIpc) is 3.19. The molecule has 1 aromatic heterocycles. The molecule has 1 aromatic carbocycles. The molecule has 2 N–H and O–H groups in total. The van der Waals surface area contributed by atoms with Crippen molar-refractivity contribution in [3.05, 3.63) is 42.0 Å². The van der Waals surface area contributed by atoms with E-state index in [1.165, 1.54) is 12.1 Å². The van der Waals surface area contributed by atoms with Crippen LogP contribution in [0.15, 0.2) is 34.9 Å². The summed E-state index contributed by atoms with van der Waals surface area (Å²) in [6.07, 6.45) is 4.11. The number of amides is 1. The van der Waals surface area contributed by atoms with Gasteiger partial charge in [-0.15, -0.1) is 0 Å². The molecule has 1 saturated heterocycles. The first kappa shape index (κ1) is 14.7. The van der Waals surface area contributed by atoms with Gasteiger partial charge in [-0.05, 0) is 43.7 Å². The SMILES string of the molecule is O=C(NCCc1coc(-c2ccc(F)cc2)n1)C1CCCN1. The van der Waals surface area contributed by atoms with Crippen LogP contribution in [0.1, 0.15) is 18.5 Å². The molecule has 0 aliphatic carbocycles. The molecule has 2 aromatic rings. The van der Waals surface area contributed by atoms with E-state index in [4.69, 9.17) is 4.42 Å². The van der Waals surface area contributed by atoms with Gasteiger partial charge >= 0.3 is 0 Å². The quantitative estimate of drug-likeness (QED) is 0.885. The maximum absolute atomic E-state index is 12.9. The summed E-state index contributed by atoms with van der Waals surface area (Å²) in [5.74, 6) is 0.206. The lowest BCUT2D eigenvalue weighted by molar-refractivity contribution is -0.122. The lowest BCUT2D eigenvalue weighted by Crippen LogP contribution is -2.41. The molecule has 0 spiro atoms. The first-order chi connectivity index (χ1) is 10.7. The zero-order chi connectivity index (χ0) is 15.4. The summed E-state index contributed by atoms with van der Waals surface area (Å²) >= 11 is 0. The Bertz CT molecular complexity index is 633. The van der Waals surface area contributed by atoms with E-state index in [2.05, 4.69) is 15.6 Å². The number of nitrogens with one attached hydrogen (secondary N) is 2. The Kier molecular flexibility index (Phi) is 4.48. The van der Waals surface area contributed by atoms with E-state index < -0.39 is 0 Å². The zero-order valence-electron chi connectivity index (χ0n) is 12.1. The molecule has 1 amide bonds. The molecule has 1 atom stereocenters. The number of rotatable bonds is 5. The molecule has 0 radical (unpaired) electrons. The second kappa shape index (κ2) is 6.70. The summed E-state index contributed by atoms with van der Waals surface area (Å²) in [6, 6.07) is 5.92. The Balaban J connectivity index is 1.51. The van der Waals surface area contributed by atoms with Crippen molar-refractivity contribution in [2.45, 2.75) is 25.3 Å². The molecule has 1 aliphatic heterocycles. The minimum atomic E-state index is -0.293. The smallest absolute Gasteiger partial charge is 0.237 e. The number of hydrogen-bond acceptors (Lipinski definition) is 4. The van der Waals surface area contributed by atoms with Gasteiger partial charge in [0, 0.05) is 18.5 Å². The molecule has 2 heterocycles. The molecule has 1 fully saturated rings. The fourth-order valence-corrected chi connectivity index (χ4v) is 2.49. The van der Waals surface area contributed by atoms with Gasteiger partial charge in [0.2, 0.25) is 11.8 Å². The largest absolute Gasteiger partial charge is 0.444 e. The van der Waals surface area contributed by atoms with Crippen molar-refractivity contribution in [2.75, 3.05) is 13.1 Å². The third-order valence-corrected chi connectivity index (χ3v) is 3.70. The highest BCUT2D eigenvalue weighted by atomic mass is 19.1. The monoisotopic (exact) mass is 303 g/mol. The van der Waals surface area contributed by atoms with Crippen LogP contribution in [0.2, 0.25) is 0 Å². The van der Waals surface area contributed by atoms with Gasteiger partial charge in [-0.3, -0.25) is 4.79 Å². The number of halogens is 1. The Morgan fingerprint density at radius 1 is 1.41 bits per heavy atom. The zero-order valence-corrected chi connectivity index (χ0v) is 12.1. The minimum Gasteiger partial charge on any atom is -0.444 e. The van der Waals surface area contributed by atoms with E-state index >= 15 is 0 Å². The van der Waals surface area contributed by atoms with Crippen LogP contribution < -0.4 is 10.6 Å². The van der Waals surface area contributed by atoms with Crippen molar-refractivity contribution in [3.8, 4) is 11.5 Å². The minimum absolute atomic E-state index is 0.0414. The average molecular weight is 303 g/mol. The van der Waals surface area contributed by atoms with Crippen molar-refractivity contribution in [2.24, 2.45) is 0 Å². The molecule has 6 heteroatoms. The normalized spacial score (nSPS) is 17.6. The van der Waals surface area contributed by atoms with Crippen LogP contribution in [0.25, 0.3) is 11.5 Å². The van der Waals surface area contributed by atoms with Gasteiger partial charge < -0.3 is 15.1 Å². The molecule has 22 heavy (non-hydrogen) atoms. The number of nitrogens with zero attached hydrogens (tertiary/aromatic N) is 1. The van der Waals surface area contributed by atoms with E-state index in [9.17, 15) is 9.18 Å². The second-order valence-corrected chi connectivity index (χ2v) is 5.34. The molecule has 1 aliphatic rings. The molecule has 1 unspecified atom stereocenters. The van der Waals surface area contributed by atoms with Crippen LogP contribution in [0.4, 0.5) is 4.39 Å². The summed E-state index contributed by atoms with van der Waals surface area (Å²) in [6.45, 7) is 1.43. The molecular formula is C16H18FN3O2. The van der Waals surface area contributed by atoms with Gasteiger partial charge in [-0.25, -0.2) is 9.37 Å². The predicted octanol–water partition coefficient (Wildman–Crippen LogP) is 1.89. The number of benzene rings is 1. The first-order valence-corrected chi connectivity index (χ1v) is 7.44. The van der Waals surface area contributed by atoms with Gasteiger partial charge in [-0.1, -0.05) is 0 Å². The maximum Gasteiger partial charge on any atom is 0.237 e. The summed E-state index contributed by atoms with van der Waals surface area (Å²) in [5.41, 5.74) is 1.49. The van der Waals surface area contributed by atoms with Gasteiger partial charge in [0.1, 0.15) is 12.1 Å². The number of oxazole rings is 1. The van der Waals surface area contributed by atoms with Crippen molar-refractivity contribution in [3.63, 3.8) is 0 Å². The lowest BCUT2D eigenvalue weighted by Gasteiger charge is -2.09. The highest BCUT2D eigenvalue weighted by Gasteiger charge is 2.21. The van der Waals surface area contributed by atoms with Crippen LogP contribution in [0, 0.1) is 5.82 Å². The Hall–Kier alpha value is -2.21. The number of aromatic nitrogens is 1. The van der Waals surface area contributed by atoms with Gasteiger partial charge in [0.15, 0.2) is 0 Å². The van der Waals surface area contributed by atoms with Gasteiger partial charge in [0.05, 0.1) is 11.7 Å². The Labute approximate surface area is 127 Å². The van der Waals surface area contributed by atoms with Crippen molar-refractivity contribution < 1.29 is 13.6 Å². The number of carbonyl (C=O) groups is 1. The van der Waals surface area contributed by atoms with Crippen LogP contribution in [-0.2, 0) is 11.2 Å². The van der Waals surface area contributed by atoms with Crippen molar-refractivity contribution in [1.82, 2.24) is 15.6 Å². The van der Waals surface area contributed by atoms with Crippen LogP contribution in [0.5, 0.6) is 0 Å². The van der Waals surface area contributed by atoms with E-state index in [0.717, 1.165) is 30.6 Å². The van der Waals surface area contributed by atoms with E-state index in [0.29, 0.717) is 18.9 Å². The third-order valence-electron chi connectivity index (χ3n) is 3.70. The van der Waals surface area contributed by atoms with Gasteiger partial charge in [-0.2, -0.15) is 0 Å². The Morgan fingerprint density at radius 3 is 2.95 bits per heavy atom. The predicted molar refractivity (Wildman–Crippen MR) is 79.6 cm³/mol. The van der Waals surface area contributed by atoms with Crippen molar-refractivity contribution in [1.29, 1.82) is 0 Å².